The predicted molar refractivity (Wildman–Crippen MR) is 126 cm³/mol. The monoisotopic (exact) mass is 412 g/mol. The first-order chi connectivity index (χ1) is 14.1. The lowest BCUT2D eigenvalue weighted by molar-refractivity contribution is -0.133. The van der Waals surface area contributed by atoms with Gasteiger partial charge in [-0.3, -0.25) is 0 Å². The van der Waals surface area contributed by atoms with E-state index in [0.717, 1.165) is 36.0 Å². The zero-order chi connectivity index (χ0) is 21.5. The van der Waals surface area contributed by atoms with Gasteiger partial charge in [-0.2, -0.15) is 0 Å². The number of aliphatic hydroxyl groups excluding tert-OH is 1. The molecular formula is C29H48O. The Hall–Kier alpha value is -0.300. The zero-order valence-corrected chi connectivity index (χ0v) is 20.8. The van der Waals surface area contributed by atoms with Crippen molar-refractivity contribution >= 4 is 0 Å². The Bertz CT molecular complexity index is 716. The van der Waals surface area contributed by atoms with Crippen molar-refractivity contribution in [1.82, 2.24) is 0 Å². The highest BCUT2D eigenvalue weighted by Crippen LogP contribution is 2.87. The van der Waals surface area contributed by atoms with Gasteiger partial charge in [-0.05, 0) is 136 Å². The molecule has 0 bridgehead atoms. The van der Waals surface area contributed by atoms with Gasteiger partial charge >= 0.3 is 0 Å². The standard InChI is InChI=1S/C29H48O/c1-19(2)8-7-9-20(3)21-10-11-22-23-12-13-24-26(4,5)25(30)14-15-29(24)18-28(23,29)17-16-27(21,22)6/h8,20-25,30H,7,9-18H2,1-6H3. The van der Waals surface area contributed by atoms with Gasteiger partial charge in [0.05, 0.1) is 6.10 Å². The molecule has 9 unspecified atom stereocenters. The molecule has 1 N–H and O–H groups in total. The van der Waals surface area contributed by atoms with Crippen LogP contribution in [0.3, 0.4) is 0 Å². The summed E-state index contributed by atoms with van der Waals surface area (Å²) in [6, 6.07) is 0. The Balaban J connectivity index is 1.36. The van der Waals surface area contributed by atoms with Crippen LogP contribution >= 0.6 is 0 Å². The predicted octanol–water partition coefficient (Wildman–Crippen LogP) is 7.78. The average Bonchev–Trinajstić information content (AvgIpc) is 3.21. The molecule has 9 atom stereocenters. The number of fused-ring (bicyclic) bond motifs is 2. The van der Waals surface area contributed by atoms with Crippen molar-refractivity contribution in [3.05, 3.63) is 11.6 Å². The summed E-state index contributed by atoms with van der Waals surface area (Å²) in [7, 11) is 0. The summed E-state index contributed by atoms with van der Waals surface area (Å²) in [4.78, 5) is 0. The van der Waals surface area contributed by atoms with Crippen molar-refractivity contribution in [2.75, 3.05) is 0 Å². The Morgan fingerprint density at radius 2 is 1.67 bits per heavy atom. The molecule has 5 aliphatic carbocycles. The third-order valence-electron chi connectivity index (χ3n) is 12.2. The second kappa shape index (κ2) is 6.85. The molecule has 5 rings (SSSR count). The van der Waals surface area contributed by atoms with Crippen LogP contribution in [0, 0.1) is 51.2 Å². The minimum Gasteiger partial charge on any atom is -0.393 e. The zero-order valence-electron chi connectivity index (χ0n) is 20.8. The second-order valence-electron chi connectivity index (χ2n) is 13.7. The molecule has 0 amide bonds. The van der Waals surface area contributed by atoms with Gasteiger partial charge in [0.2, 0.25) is 0 Å². The first-order valence-corrected chi connectivity index (χ1v) is 13.4. The molecular weight excluding hydrogens is 364 g/mol. The van der Waals surface area contributed by atoms with Crippen LogP contribution in [-0.4, -0.2) is 11.2 Å². The molecule has 0 aliphatic heterocycles. The maximum absolute atomic E-state index is 10.8. The molecule has 0 saturated heterocycles. The molecule has 0 aromatic carbocycles. The number of hydrogen-bond donors (Lipinski definition) is 1. The summed E-state index contributed by atoms with van der Waals surface area (Å²) in [5, 5.41) is 10.8. The number of rotatable bonds is 4. The Labute approximate surface area is 186 Å². The summed E-state index contributed by atoms with van der Waals surface area (Å²) < 4.78 is 0. The van der Waals surface area contributed by atoms with Crippen LogP contribution in [0.25, 0.3) is 0 Å². The van der Waals surface area contributed by atoms with E-state index in [9.17, 15) is 5.11 Å². The van der Waals surface area contributed by atoms with Crippen molar-refractivity contribution < 1.29 is 5.11 Å². The van der Waals surface area contributed by atoms with Gasteiger partial charge in [0.15, 0.2) is 0 Å². The summed E-state index contributed by atoms with van der Waals surface area (Å²) in [6.07, 6.45) is 17.8. The van der Waals surface area contributed by atoms with Gasteiger partial charge in [0, 0.05) is 0 Å². The van der Waals surface area contributed by atoms with Crippen molar-refractivity contribution in [3.63, 3.8) is 0 Å². The summed E-state index contributed by atoms with van der Waals surface area (Å²) in [6.45, 7) is 14.6. The molecule has 5 aliphatic rings. The highest BCUT2D eigenvalue weighted by atomic mass is 16.3. The van der Waals surface area contributed by atoms with Gasteiger partial charge in [0.1, 0.15) is 0 Å². The Morgan fingerprint density at radius 1 is 0.933 bits per heavy atom. The van der Waals surface area contributed by atoms with E-state index >= 15 is 0 Å². The normalized spacial score (nSPS) is 51.8. The lowest BCUT2D eigenvalue weighted by Gasteiger charge is -2.59. The van der Waals surface area contributed by atoms with Gasteiger partial charge in [-0.15, -0.1) is 0 Å². The fourth-order valence-electron chi connectivity index (χ4n) is 10.7. The van der Waals surface area contributed by atoms with Crippen molar-refractivity contribution in [2.45, 2.75) is 118 Å². The van der Waals surface area contributed by atoms with Gasteiger partial charge in [0.25, 0.3) is 0 Å². The molecule has 5 saturated carbocycles. The topological polar surface area (TPSA) is 20.2 Å². The van der Waals surface area contributed by atoms with Crippen LogP contribution in [0.5, 0.6) is 0 Å². The second-order valence-corrected chi connectivity index (χ2v) is 13.7. The van der Waals surface area contributed by atoms with Gasteiger partial charge in [-0.1, -0.05) is 39.3 Å². The Morgan fingerprint density at radius 3 is 2.40 bits per heavy atom. The first-order valence-electron chi connectivity index (χ1n) is 13.4. The summed E-state index contributed by atoms with van der Waals surface area (Å²) >= 11 is 0. The molecule has 170 valence electrons. The fourth-order valence-corrected chi connectivity index (χ4v) is 10.7. The van der Waals surface area contributed by atoms with Crippen LogP contribution in [0.4, 0.5) is 0 Å². The van der Waals surface area contributed by atoms with E-state index in [1.54, 1.807) is 0 Å². The van der Waals surface area contributed by atoms with Crippen molar-refractivity contribution in [3.8, 4) is 0 Å². The van der Waals surface area contributed by atoms with Crippen LogP contribution < -0.4 is 0 Å². The van der Waals surface area contributed by atoms with E-state index in [4.69, 9.17) is 0 Å². The maximum Gasteiger partial charge on any atom is 0.0594 e. The van der Waals surface area contributed by atoms with Crippen LogP contribution in [-0.2, 0) is 0 Å². The van der Waals surface area contributed by atoms with E-state index < -0.39 is 0 Å². The smallest absolute Gasteiger partial charge is 0.0594 e. The summed E-state index contributed by atoms with van der Waals surface area (Å²) in [5.74, 6) is 4.57. The van der Waals surface area contributed by atoms with Crippen molar-refractivity contribution in [2.24, 2.45) is 51.2 Å². The number of hydrogen-bond acceptors (Lipinski definition) is 1. The lowest BCUT2D eigenvalue weighted by Crippen LogP contribution is -2.54. The molecule has 1 heteroatoms. The quantitative estimate of drug-likeness (QED) is 0.467. The highest BCUT2D eigenvalue weighted by molar-refractivity contribution is 5.28. The van der Waals surface area contributed by atoms with Gasteiger partial charge in [-0.25, -0.2) is 0 Å². The van der Waals surface area contributed by atoms with E-state index in [-0.39, 0.29) is 11.5 Å². The number of allylic oxidation sites excluding steroid dienone is 2. The van der Waals surface area contributed by atoms with E-state index in [1.165, 1.54) is 69.8 Å². The van der Waals surface area contributed by atoms with Crippen LogP contribution in [0.15, 0.2) is 11.6 Å². The first kappa shape index (κ1) is 21.5. The third kappa shape index (κ3) is 2.69. The van der Waals surface area contributed by atoms with E-state index in [1.807, 2.05) is 0 Å². The van der Waals surface area contributed by atoms with E-state index in [2.05, 4.69) is 47.6 Å². The molecule has 2 spiro atoms. The fraction of sp³-hybridized carbons (Fsp3) is 0.931. The van der Waals surface area contributed by atoms with E-state index in [0.29, 0.717) is 16.2 Å². The van der Waals surface area contributed by atoms with Crippen molar-refractivity contribution in [1.29, 1.82) is 0 Å². The molecule has 0 aromatic heterocycles. The summed E-state index contributed by atoms with van der Waals surface area (Å²) in [5.41, 5.74) is 3.48. The molecule has 1 nitrogen and oxygen atoms in total. The molecule has 0 aromatic rings. The number of aliphatic hydroxyl groups is 1. The molecule has 30 heavy (non-hydrogen) atoms. The molecule has 5 fully saturated rings. The van der Waals surface area contributed by atoms with Crippen LogP contribution in [0.1, 0.15) is 112 Å². The largest absolute Gasteiger partial charge is 0.393 e. The van der Waals surface area contributed by atoms with Gasteiger partial charge < -0.3 is 5.11 Å². The highest BCUT2D eigenvalue weighted by Gasteiger charge is 2.80. The molecule has 0 heterocycles. The Kier molecular flexibility index (Phi) is 4.92. The minimum atomic E-state index is -0.0753. The lowest BCUT2D eigenvalue weighted by atomic mass is 9.46. The SMILES string of the molecule is CC(C)=CCCC(C)C1CCC2C3CCC4C(C)(C)C(O)CCC45CC35CCC12C. The average molecular weight is 413 g/mol. The minimum absolute atomic E-state index is 0.0753. The maximum atomic E-state index is 10.8. The molecule has 0 radical (unpaired) electrons. The van der Waals surface area contributed by atoms with Crippen LogP contribution in [0.2, 0.25) is 0 Å². The third-order valence-corrected chi connectivity index (χ3v) is 12.2.